The Hall–Kier alpha value is -4.17. The first kappa shape index (κ1) is 38.6. The minimum absolute atomic E-state index is 0.00769. The first-order valence-corrected chi connectivity index (χ1v) is 19.5. The molecular weight excluding hydrogens is 691 g/mol. The van der Waals surface area contributed by atoms with Crippen molar-refractivity contribution in [1.82, 2.24) is 35.6 Å². The molecule has 1 aromatic carbocycles. The zero-order valence-corrected chi connectivity index (χ0v) is 32.9. The number of pyridine rings is 1. The van der Waals surface area contributed by atoms with Crippen LogP contribution in [0, 0.1) is 11.3 Å². The van der Waals surface area contributed by atoms with Gasteiger partial charge in [0.25, 0.3) is 5.91 Å². The van der Waals surface area contributed by atoms with Crippen LogP contribution >= 0.6 is 11.3 Å². The summed E-state index contributed by atoms with van der Waals surface area (Å²) >= 11 is 1.47. The number of amides is 2. The van der Waals surface area contributed by atoms with Crippen LogP contribution in [0.5, 0.6) is 0 Å². The van der Waals surface area contributed by atoms with Gasteiger partial charge in [-0.05, 0) is 75.9 Å². The predicted molar refractivity (Wildman–Crippen MR) is 207 cm³/mol. The lowest BCUT2D eigenvalue weighted by Gasteiger charge is -2.36. The highest BCUT2D eigenvalue weighted by Gasteiger charge is 2.36. The number of esters is 1. The number of hydrogen-bond acceptors (Lipinski definition) is 10. The standard InChI is InChI=1S/C40H53N7O5S/c1-9-46-32-15-14-25-18-27(32)28(36(46)26-12-10-16-42-35(26)24(4)51-8)20-40(5,6)22-52-39(50)29-13-11-17-47(45-29)38(49)30(19-33-43-31(25)21-53-33)44-37(48)34(41-7)23(2)3/h10,12,14-16,18,21,23-24,29-30,34,41,45H,9,11,13,17,19-20,22H2,1-8H3,(H,44,48)/t24-,29-,30?,34-/m0/s1. The molecule has 6 bridgehead atoms. The van der Waals surface area contributed by atoms with E-state index >= 15 is 0 Å². The Labute approximate surface area is 316 Å². The molecule has 12 nitrogen and oxygen atoms in total. The molecule has 5 heterocycles. The fourth-order valence-electron chi connectivity index (χ4n) is 7.59. The molecule has 0 aliphatic carbocycles. The predicted octanol–water partition coefficient (Wildman–Crippen LogP) is 5.45. The number of cyclic esters (lactones) is 1. The highest BCUT2D eigenvalue weighted by molar-refractivity contribution is 7.10. The van der Waals surface area contributed by atoms with E-state index in [1.165, 1.54) is 16.3 Å². The van der Waals surface area contributed by atoms with Crippen LogP contribution in [0.3, 0.4) is 0 Å². The van der Waals surface area contributed by atoms with Gasteiger partial charge in [-0.3, -0.25) is 24.4 Å². The number of methoxy groups -OCH3 is 1. The van der Waals surface area contributed by atoms with Crippen molar-refractivity contribution < 1.29 is 23.9 Å². The van der Waals surface area contributed by atoms with Crippen LogP contribution in [0.1, 0.15) is 76.8 Å². The highest BCUT2D eigenvalue weighted by atomic mass is 32.1. The minimum Gasteiger partial charge on any atom is -0.464 e. The van der Waals surface area contributed by atoms with Gasteiger partial charge in [0.2, 0.25) is 5.91 Å². The van der Waals surface area contributed by atoms with Crippen LogP contribution in [0.15, 0.2) is 41.9 Å². The Kier molecular flexibility index (Phi) is 11.7. The molecule has 3 aromatic heterocycles. The molecule has 1 saturated heterocycles. The zero-order valence-electron chi connectivity index (χ0n) is 32.1. The molecule has 3 N–H and O–H groups in total. The average molecular weight is 744 g/mol. The summed E-state index contributed by atoms with van der Waals surface area (Å²) in [5, 5.41) is 11.4. The molecule has 1 fully saturated rings. The van der Waals surface area contributed by atoms with E-state index in [2.05, 4.69) is 65.7 Å². The maximum atomic E-state index is 14.1. The molecule has 0 spiro atoms. The summed E-state index contributed by atoms with van der Waals surface area (Å²) in [6.07, 6.45) is 3.55. The molecule has 4 aromatic rings. The summed E-state index contributed by atoms with van der Waals surface area (Å²) in [5.41, 5.74) is 9.59. The fraction of sp³-hybridized carbons (Fsp3) is 0.525. The number of benzene rings is 1. The molecule has 2 amide bonds. The average Bonchev–Trinajstić information content (AvgIpc) is 3.74. The number of hydrazine groups is 1. The lowest BCUT2D eigenvalue weighted by atomic mass is 9.84. The number of carbonyl (C=O) groups excluding carboxylic acids is 3. The van der Waals surface area contributed by atoms with E-state index in [1.807, 2.05) is 32.2 Å². The van der Waals surface area contributed by atoms with Crippen molar-refractivity contribution in [2.45, 2.75) is 98.0 Å². The van der Waals surface area contributed by atoms with Crippen LogP contribution in [-0.4, -0.2) is 82.8 Å². The number of nitrogens with zero attached hydrogens (tertiary/aromatic N) is 4. The lowest BCUT2D eigenvalue weighted by Crippen LogP contribution is -2.61. The Balaban J connectivity index is 1.49. The van der Waals surface area contributed by atoms with Gasteiger partial charge in [0.1, 0.15) is 12.1 Å². The first-order chi connectivity index (χ1) is 25.3. The number of thiazole rings is 1. The van der Waals surface area contributed by atoms with Gasteiger partial charge in [-0.1, -0.05) is 33.8 Å². The van der Waals surface area contributed by atoms with Gasteiger partial charge in [-0.2, -0.15) is 0 Å². The summed E-state index contributed by atoms with van der Waals surface area (Å²) in [4.78, 5) is 51.1. The van der Waals surface area contributed by atoms with Crippen molar-refractivity contribution in [3.05, 3.63) is 58.2 Å². The van der Waals surface area contributed by atoms with Gasteiger partial charge < -0.3 is 24.7 Å². The fourth-order valence-corrected chi connectivity index (χ4v) is 8.44. The maximum Gasteiger partial charge on any atom is 0.324 e. The summed E-state index contributed by atoms with van der Waals surface area (Å²) in [6, 6.07) is 8.44. The lowest BCUT2D eigenvalue weighted by molar-refractivity contribution is -0.155. The van der Waals surface area contributed by atoms with E-state index in [0.29, 0.717) is 25.8 Å². The van der Waals surface area contributed by atoms with Gasteiger partial charge in [-0.15, -0.1) is 11.3 Å². The summed E-state index contributed by atoms with van der Waals surface area (Å²) < 4.78 is 14.2. The van der Waals surface area contributed by atoms with E-state index in [9.17, 15) is 14.4 Å². The van der Waals surface area contributed by atoms with Gasteiger partial charge in [0, 0.05) is 65.6 Å². The van der Waals surface area contributed by atoms with Crippen LogP contribution < -0.4 is 16.1 Å². The largest absolute Gasteiger partial charge is 0.464 e. The molecule has 2 aliphatic rings. The monoisotopic (exact) mass is 743 g/mol. The third kappa shape index (κ3) is 8.03. The second-order valence-electron chi connectivity index (χ2n) is 15.3. The van der Waals surface area contributed by atoms with Crippen LogP contribution in [0.25, 0.3) is 33.4 Å². The Morgan fingerprint density at radius 3 is 2.72 bits per heavy atom. The molecule has 53 heavy (non-hydrogen) atoms. The minimum atomic E-state index is -0.894. The quantitative estimate of drug-likeness (QED) is 0.201. The second-order valence-corrected chi connectivity index (χ2v) is 16.2. The molecule has 284 valence electrons. The zero-order chi connectivity index (χ0) is 38.0. The van der Waals surface area contributed by atoms with Crippen molar-refractivity contribution >= 4 is 40.0 Å². The number of nitrogens with one attached hydrogen (secondary N) is 3. The van der Waals surface area contributed by atoms with Gasteiger partial charge in [0.15, 0.2) is 0 Å². The summed E-state index contributed by atoms with van der Waals surface area (Å²) in [6.45, 7) is 13.6. The van der Waals surface area contributed by atoms with Gasteiger partial charge in [0.05, 0.1) is 40.8 Å². The molecule has 4 atom stereocenters. The van der Waals surface area contributed by atoms with Crippen LogP contribution in [0.4, 0.5) is 0 Å². The van der Waals surface area contributed by atoms with E-state index in [1.54, 1.807) is 20.4 Å². The number of fused-ring (bicyclic) bond motifs is 6. The summed E-state index contributed by atoms with van der Waals surface area (Å²) in [5.74, 6) is -0.974. The third-order valence-electron chi connectivity index (χ3n) is 10.4. The Morgan fingerprint density at radius 2 is 2.00 bits per heavy atom. The molecule has 2 aliphatic heterocycles. The number of hydrogen-bond donors (Lipinski definition) is 3. The number of aryl methyl sites for hydroxylation is 1. The smallest absolute Gasteiger partial charge is 0.324 e. The Bertz CT molecular complexity index is 1970. The van der Waals surface area contributed by atoms with Crippen molar-refractivity contribution in [2.24, 2.45) is 11.3 Å². The number of likely N-dealkylation sites (N-methyl/N-ethyl adjacent to an activating group) is 1. The molecule has 6 rings (SSSR count). The van der Waals surface area contributed by atoms with Gasteiger partial charge in [-0.25, -0.2) is 10.4 Å². The van der Waals surface area contributed by atoms with Crippen molar-refractivity contribution in [1.29, 1.82) is 0 Å². The number of aromatic nitrogens is 3. The van der Waals surface area contributed by atoms with Crippen molar-refractivity contribution in [3.63, 3.8) is 0 Å². The SMILES string of the molecule is CCn1c(-c2cccnc2[C@H](C)OC)c2c3cc(ccc31)-c1csc(n1)CC(NC(=O)[C@@H](NC)C(C)C)C(=O)N1CCC[C@H](N1)C(=O)OCC(C)(C)C2. The molecule has 0 saturated carbocycles. The molecule has 1 unspecified atom stereocenters. The highest BCUT2D eigenvalue weighted by Crippen LogP contribution is 2.42. The number of rotatable bonds is 8. The van der Waals surface area contributed by atoms with Crippen LogP contribution in [0.2, 0.25) is 0 Å². The van der Waals surface area contributed by atoms with Crippen LogP contribution in [-0.2, 0) is 43.2 Å². The first-order valence-electron chi connectivity index (χ1n) is 18.7. The van der Waals surface area contributed by atoms with E-state index in [0.717, 1.165) is 56.2 Å². The maximum absolute atomic E-state index is 14.1. The normalized spacial score (nSPS) is 20.6. The molecule has 13 heteroatoms. The topological polar surface area (TPSA) is 140 Å². The second kappa shape index (κ2) is 16.1. The Morgan fingerprint density at radius 1 is 1.21 bits per heavy atom. The van der Waals surface area contributed by atoms with E-state index < -0.39 is 29.5 Å². The summed E-state index contributed by atoms with van der Waals surface area (Å²) in [7, 11) is 3.43. The van der Waals surface area contributed by atoms with Gasteiger partial charge >= 0.3 is 5.97 Å². The van der Waals surface area contributed by atoms with Crippen molar-refractivity contribution in [2.75, 3.05) is 27.3 Å². The van der Waals surface area contributed by atoms with Crippen molar-refractivity contribution in [3.8, 4) is 22.5 Å². The van der Waals surface area contributed by atoms with E-state index in [-0.39, 0.29) is 36.9 Å². The molecule has 0 radical (unpaired) electrons. The third-order valence-corrected chi connectivity index (χ3v) is 11.3. The number of carbonyl (C=O) groups is 3. The number of ether oxygens (including phenoxy) is 2. The molecular formula is C40H53N7O5S. The van der Waals surface area contributed by atoms with E-state index in [4.69, 9.17) is 19.4 Å².